The molecule has 0 bridgehead atoms. The van der Waals surface area contributed by atoms with Gasteiger partial charge in [0.2, 0.25) is 10.1 Å². The number of fused-ring (bicyclic) bond motifs is 1. The van der Waals surface area contributed by atoms with E-state index in [1.807, 2.05) is 0 Å². The molecule has 3 saturated heterocycles. The molecule has 2 aromatic heterocycles. The standard InChI is InChI=1S/C17H21N5O4S/c23-13-11-12(14(24)20-7-3-17(4-8-20)25-9-10-26-17)22-15(18-13)27-16(19-22)21-5-1-2-6-21/h11H,1-10H2. The average molecular weight is 391 g/mol. The van der Waals surface area contributed by atoms with Crippen molar-refractivity contribution in [3.63, 3.8) is 0 Å². The largest absolute Gasteiger partial charge is 0.347 e. The predicted octanol–water partition coefficient (Wildman–Crippen LogP) is 0.730. The lowest BCUT2D eigenvalue weighted by molar-refractivity contribution is -0.181. The summed E-state index contributed by atoms with van der Waals surface area (Å²) in [6, 6.07) is 1.29. The fraction of sp³-hybridized carbons (Fsp3) is 0.647. The Labute approximate surface area is 159 Å². The van der Waals surface area contributed by atoms with Gasteiger partial charge in [-0.3, -0.25) is 9.59 Å². The average Bonchev–Trinajstić information content (AvgIpc) is 3.41. The molecule has 27 heavy (non-hydrogen) atoms. The van der Waals surface area contributed by atoms with Gasteiger partial charge in [-0.15, -0.1) is 5.10 Å². The maximum Gasteiger partial charge on any atom is 0.274 e. The first-order valence-electron chi connectivity index (χ1n) is 9.37. The first-order valence-corrected chi connectivity index (χ1v) is 10.2. The molecule has 1 amide bonds. The van der Waals surface area contributed by atoms with Crippen molar-refractivity contribution in [2.24, 2.45) is 0 Å². The molecule has 0 atom stereocenters. The normalized spacial score (nSPS) is 22.2. The van der Waals surface area contributed by atoms with Crippen LogP contribution in [0.5, 0.6) is 0 Å². The van der Waals surface area contributed by atoms with Crippen molar-refractivity contribution in [2.45, 2.75) is 31.5 Å². The molecule has 0 aromatic carbocycles. The summed E-state index contributed by atoms with van der Waals surface area (Å²) in [5, 5.41) is 5.40. The maximum atomic E-state index is 13.1. The van der Waals surface area contributed by atoms with Gasteiger partial charge in [0, 0.05) is 45.1 Å². The number of rotatable bonds is 2. The van der Waals surface area contributed by atoms with E-state index < -0.39 is 11.3 Å². The third kappa shape index (κ3) is 3.01. The molecule has 0 radical (unpaired) electrons. The van der Waals surface area contributed by atoms with Crippen LogP contribution in [0.1, 0.15) is 36.2 Å². The molecule has 0 N–H and O–H groups in total. The van der Waals surface area contributed by atoms with Crippen LogP contribution in [-0.4, -0.2) is 70.6 Å². The second kappa shape index (κ2) is 6.54. The molecule has 2 aromatic rings. The van der Waals surface area contributed by atoms with Crippen molar-refractivity contribution in [3.05, 3.63) is 22.1 Å². The fourth-order valence-corrected chi connectivity index (χ4v) is 4.95. The minimum atomic E-state index is -0.537. The van der Waals surface area contributed by atoms with E-state index >= 15 is 0 Å². The van der Waals surface area contributed by atoms with E-state index in [9.17, 15) is 9.59 Å². The number of aromatic nitrogens is 3. The Hall–Kier alpha value is -2.04. The quantitative estimate of drug-likeness (QED) is 0.746. The van der Waals surface area contributed by atoms with Crippen LogP contribution in [0.2, 0.25) is 0 Å². The number of nitrogens with zero attached hydrogens (tertiary/aromatic N) is 5. The van der Waals surface area contributed by atoms with Gasteiger partial charge in [-0.1, -0.05) is 11.3 Å². The van der Waals surface area contributed by atoms with Gasteiger partial charge in [0.05, 0.1) is 13.2 Å². The molecule has 0 unspecified atom stereocenters. The van der Waals surface area contributed by atoms with Crippen molar-refractivity contribution in [1.82, 2.24) is 19.5 Å². The van der Waals surface area contributed by atoms with Crippen LogP contribution in [0.25, 0.3) is 4.96 Å². The zero-order valence-electron chi connectivity index (χ0n) is 14.9. The van der Waals surface area contributed by atoms with Crippen LogP contribution in [-0.2, 0) is 9.47 Å². The summed E-state index contributed by atoms with van der Waals surface area (Å²) in [5.74, 6) is -0.735. The molecule has 3 aliphatic heterocycles. The molecule has 3 fully saturated rings. The molecule has 10 heteroatoms. The van der Waals surface area contributed by atoms with Gasteiger partial charge < -0.3 is 19.3 Å². The first-order chi connectivity index (χ1) is 13.1. The number of amides is 1. The molecular formula is C17H21N5O4S. The second-order valence-corrected chi connectivity index (χ2v) is 8.09. The number of anilines is 1. The number of likely N-dealkylation sites (tertiary alicyclic amines) is 1. The first kappa shape index (κ1) is 17.1. The molecule has 5 heterocycles. The van der Waals surface area contributed by atoms with Crippen LogP contribution >= 0.6 is 11.3 Å². The summed E-state index contributed by atoms with van der Waals surface area (Å²) in [7, 11) is 0. The van der Waals surface area contributed by atoms with Gasteiger partial charge in [-0.05, 0) is 12.8 Å². The SMILES string of the molecule is O=C(c1cc(=O)nc2sc(N3CCCC3)nn12)N1CCC2(CC1)OCCO2. The van der Waals surface area contributed by atoms with Gasteiger partial charge in [-0.25, -0.2) is 0 Å². The minimum Gasteiger partial charge on any atom is -0.347 e. The Morgan fingerprint density at radius 3 is 2.52 bits per heavy atom. The van der Waals surface area contributed by atoms with E-state index in [2.05, 4.69) is 15.0 Å². The summed E-state index contributed by atoms with van der Waals surface area (Å²) < 4.78 is 13.0. The molecule has 3 aliphatic rings. The van der Waals surface area contributed by atoms with Gasteiger partial charge >= 0.3 is 0 Å². The zero-order chi connectivity index (χ0) is 18.4. The van der Waals surface area contributed by atoms with Gasteiger partial charge in [0.1, 0.15) is 5.69 Å². The molecular weight excluding hydrogens is 370 g/mol. The number of hydrogen-bond acceptors (Lipinski definition) is 8. The predicted molar refractivity (Wildman–Crippen MR) is 98.4 cm³/mol. The van der Waals surface area contributed by atoms with E-state index in [-0.39, 0.29) is 11.6 Å². The van der Waals surface area contributed by atoms with Crippen LogP contribution in [0, 0.1) is 0 Å². The van der Waals surface area contributed by atoms with E-state index in [4.69, 9.17) is 9.47 Å². The number of ether oxygens (including phenoxy) is 2. The van der Waals surface area contributed by atoms with Gasteiger partial charge in [0.15, 0.2) is 5.79 Å². The Morgan fingerprint density at radius 1 is 1.11 bits per heavy atom. The lowest BCUT2D eigenvalue weighted by Crippen LogP contribution is -2.47. The van der Waals surface area contributed by atoms with Crippen LogP contribution in [0.4, 0.5) is 5.13 Å². The Morgan fingerprint density at radius 2 is 1.81 bits per heavy atom. The van der Waals surface area contributed by atoms with Gasteiger partial charge in [0.25, 0.3) is 11.5 Å². The lowest BCUT2D eigenvalue weighted by Gasteiger charge is -2.37. The summed E-state index contributed by atoms with van der Waals surface area (Å²) in [6.07, 6.45) is 3.54. The number of piperidine rings is 1. The van der Waals surface area contributed by atoms with E-state index in [1.54, 1.807) is 4.90 Å². The number of carbonyl (C=O) groups excluding carboxylic acids is 1. The Balaban J connectivity index is 1.43. The van der Waals surface area contributed by atoms with E-state index in [1.165, 1.54) is 21.9 Å². The molecule has 1 spiro atoms. The lowest BCUT2D eigenvalue weighted by atomic mass is 10.0. The summed E-state index contributed by atoms with van der Waals surface area (Å²) >= 11 is 1.36. The summed E-state index contributed by atoms with van der Waals surface area (Å²) in [5.41, 5.74) is -0.137. The Bertz CT molecular complexity index is 919. The van der Waals surface area contributed by atoms with Gasteiger partial charge in [-0.2, -0.15) is 9.50 Å². The smallest absolute Gasteiger partial charge is 0.274 e. The van der Waals surface area contributed by atoms with Crippen molar-refractivity contribution in [2.75, 3.05) is 44.3 Å². The highest BCUT2D eigenvalue weighted by Crippen LogP contribution is 2.32. The molecule has 144 valence electrons. The minimum absolute atomic E-state index is 0.199. The monoisotopic (exact) mass is 391 g/mol. The second-order valence-electron chi connectivity index (χ2n) is 7.15. The van der Waals surface area contributed by atoms with Crippen LogP contribution in [0.3, 0.4) is 0 Å². The third-order valence-corrected chi connectivity index (χ3v) is 6.43. The Kier molecular flexibility index (Phi) is 4.14. The van der Waals surface area contributed by atoms with Crippen molar-refractivity contribution >= 4 is 27.3 Å². The topological polar surface area (TPSA) is 89.3 Å². The maximum absolute atomic E-state index is 13.1. The third-order valence-electron chi connectivity index (χ3n) is 5.47. The molecule has 0 saturated carbocycles. The van der Waals surface area contributed by atoms with E-state index in [0.29, 0.717) is 44.1 Å². The van der Waals surface area contributed by atoms with Crippen molar-refractivity contribution in [1.29, 1.82) is 0 Å². The van der Waals surface area contributed by atoms with Crippen molar-refractivity contribution < 1.29 is 14.3 Å². The summed E-state index contributed by atoms with van der Waals surface area (Å²) in [4.78, 5) is 33.6. The molecule has 0 aliphatic carbocycles. The van der Waals surface area contributed by atoms with E-state index in [0.717, 1.165) is 31.1 Å². The number of carbonyl (C=O) groups is 1. The highest BCUT2D eigenvalue weighted by molar-refractivity contribution is 7.20. The number of hydrogen-bond donors (Lipinski definition) is 0. The highest BCUT2D eigenvalue weighted by Gasteiger charge is 2.41. The van der Waals surface area contributed by atoms with Crippen molar-refractivity contribution in [3.8, 4) is 0 Å². The van der Waals surface area contributed by atoms with Crippen LogP contribution in [0.15, 0.2) is 10.9 Å². The van der Waals surface area contributed by atoms with Crippen LogP contribution < -0.4 is 10.5 Å². The highest BCUT2D eigenvalue weighted by atomic mass is 32.1. The fourth-order valence-electron chi connectivity index (χ4n) is 3.99. The molecule has 5 rings (SSSR count). The molecule has 9 nitrogen and oxygen atoms in total. The zero-order valence-corrected chi connectivity index (χ0v) is 15.7. The summed E-state index contributed by atoms with van der Waals surface area (Å²) in [6.45, 7) is 4.16.